The molecule has 0 aliphatic heterocycles. The molecule has 0 spiro atoms. The minimum Gasteiger partial charge on any atom is -0.0622 e. The summed E-state index contributed by atoms with van der Waals surface area (Å²) < 4.78 is 1.50. The largest absolute Gasteiger partial charge is 0.0622 e. The number of allylic oxidation sites excluding steroid dienone is 4. The third-order valence-corrected chi connectivity index (χ3v) is 7.54. The maximum atomic E-state index is 2.23. The van der Waals surface area contributed by atoms with Gasteiger partial charge >= 0.3 is 56.3 Å². The molecule has 0 atom stereocenters. The Balaban J connectivity index is 0.000000221. The zero-order chi connectivity index (χ0) is 18.7. The molecule has 0 nitrogen and oxygen atoms in total. The van der Waals surface area contributed by atoms with Crippen LogP contribution in [0.5, 0.6) is 0 Å². The van der Waals surface area contributed by atoms with Crippen LogP contribution in [-0.2, 0) is 15.0 Å². The maximum absolute atomic E-state index is 2.23. The molecule has 3 aromatic rings. The number of hydrogen-bond acceptors (Lipinski definition) is 0. The summed E-state index contributed by atoms with van der Waals surface area (Å²) in [5, 5.41) is 5.39. The molecule has 141 valence electrons. The van der Waals surface area contributed by atoms with Gasteiger partial charge < -0.3 is 0 Å². The topological polar surface area (TPSA) is 0 Å². The van der Waals surface area contributed by atoms with Crippen molar-refractivity contribution in [2.24, 2.45) is 0 Å². The predicted molar refractivity (Wildman–Crippen MR) is 117 cm³/mol. The first-order valence-corrected chi connectivity index (χ1v) is 11.7. The summed E-state index contributed by atoms with van der Waals surface area (Å²) in [6, 6.07) is 32.3. The molecule has 0 amide bonds. The van der Waals surface area contributed by atoms with Crippen LogP contribution in [0.25, 0.3) is 0 Å². The number of hydrogen-bond donors (Lipinski definition) is 0. The summed E-state index contributed by atoms with van der Waals surface area (Å²) in [6.07, 6.45) is 7.65. The maximum Gasteiger partial charge on any atom is -0.0134 e. The molecule has 0 unspecified atom stereocenters. The molecule has 27 heavy (non-hydrogen) atoms. The van der Waals surface area contributed by atoms with E-state index in [0.29, 0.717) is 0 Å². The Kier molecular flexibility index (Phi) is 8.12. The van der Waals surface area contributed by atoms with Crippen molar-refractivity contribution in [3.63, 3.8) is 0 Å². The van der Waals surface area contributed by atoms with Gasteiger partial charge in [-0.1, -0.05) is 91.0 Å². The van der Waals surface area contributed by atoms with E-state index >= 15 is 0 Å². The van der Waals surface area contributed by atoms with Crippen LogP contribution in [0.3, 0.4) is 0 Å². The Morgan fingerprint density at radius 2 is 1.15 bits per heavy atom. The summed E-state index contributed by atoms with van der Waals surface area (Å²) in [5.41, 5.74) is 0. The van der Waals surface area contributed by atoms with Crippen molar-refractivity contribution in [1.29, 1.82) is 0 Å². The second-order valence-electron chi connectivity index (χ2n) is 5.86. The van der Waals surface area contributed by atoms with Gasteiger partial charge in [0, 0.05) is 0 Å². The Hall–Kier alpha value is -1.91. The fourth-order valence-corrected chi connectivity index (χ4v) is 5.98. The van der Waals surface area contributed by atoms with Crippen LogP contribution in [0.2, 0.25) is 5.32 Å². The van der Waals surface area contributed by atoms with Gasteiger partial charge in [0.15, 0.2) is 0 Å². The average molecular weight is 420 g/mol. The Morgan fingerprint density at radius 1 is 0.704 bits per heavy atom. The van der Waals surface area contributed by atoms with Crippen LogP contribution < -0.4 is 15.9 Å². The predicted octanol–water partition coefficient (Wildman–Crippen LogP) is 5.80. The molecule has 1 aliphatic rings. The summed E-state index contributed by atoms with van der Waals surface area (Å²) in [5.74, 6) is 0. The summed E-state index contributed by atoms with van der Waals surface area (Å²) in [6.45, 7) is 2.18. The molecule has 1 aliphatic carbocycles. The van der Waals surface area contributed by atoms with Crippen molar-refractivity contribution < 1.29 is 15.0 Å². The quantitative estimate of drug-likeness (QED) is 0.362. The van der Waals surface area contributed by atoms with Gasteiger partial charge in [-0.2, -0.15) is 0 Å². The van der Waals surface area contributed by atoms with E-state index in [1.807, 2.05) is 15.0 Å². The Bertz CT molecular complexity index is 761. The minimum absolute atomic E-state index is 0.446. The normalized spacial score (nSPS) is 12.6. The van der Waals surface area contributed by atoms with Gasteiger partial charge in [-0.15, -0.1) is 0 Å². The van der Waals surface area contributed by atoms with Crippen molar-refractivity contribution in [3.05, 3.63) is 114 Å². The standard InChI is InChI=1S/C18H15P.C5H5.C2H5.Cu/c1-4-10-16(11-5-1)19(17-12-6-2-7-13-17)18-14-8-3-9-15-18;1-2-4-5-3-1;1-2;/h1-15H;1-3H,4H2;1H2,2H3;. The first-order chi connectivity index (χ1) is 13.4. The van der Waals surface area contributed by atoms with E-state index in [4.69, 9.17) is 0 Å². The second kappa shape index (κ2) is 11.1. The van der Waals surface area contributed by atoms with E-state index < -0.39 is 7.92 Å². The Labute approximate surface area is 171 Å². The zero-order valence-corrected chi connectivity index (χ0v) is 17.4. The molecule has 0 saturated carbocycles. The van der Waals surface area contributed by atoms with E-state index in [1.54, 1.807) is 0 Å². The van der Waals surface area contributed by atoms with Gasteiger partial charge in [-0.3, -0.25) is 0 Å². The average Bonchev–Trinajstić information content (AvgIpc) is 3.25. The van der Waals surface area contributed by atoms with Gasteiger partial charge in [0.25, 0.3) is 0 Å². The van der Waals surface area contributed by atoms with Crippen LogP contribution in [0.15, 0.2) is 114 Å². The van der Waals surface area contributed by atoms with Crippen molar-refractivity contribution in [2.45, 2.75) is 18.7 Å². The molecular weight excluding hydrogens is 395 g/mol. The molecule has 0 bridgehead atoms. The number of rotatable bonds is 5. The molecule has 2 heteroatoms. The van der Waals surface area contributed by atoms with Crippen LogP contribution in [0, 0.1) is 0 Å². The van der Waals surface area contributed by atoms with Crippen molar-refractivity contribution in [2.75, 3.05) is 0 Å². The first-order valence-electron chi connectivity index (χ1n) is 9.19. The van der Waals surface area contributed by atoms with E-state index in [-0.39, 0.29) is 0 Å². The van der Waals surface area contributed by atoms with Gasteiger partial charge in [0.1, 0.15) is 0 Å². The SMILES string of the molecule is C[CH2][Cu][C]1=CC=CC1.c1ccc(P(c2ccccc2)c2ccccc2)cc1. The zero-order valence-electron chi connectivity index (χ0n) is 15.6. The fraction of sp³-hybridized carbons (Fsp3) is 0.120. The van der Waals surface area contributed by atoms with Gasteiger partial charge in [-0.05, 0) is 23.8 Å². The molecule has 0 heterocycles. The van der Waals surface area contributed by atoms with Gasteiger partial charge in [0.05, 0.1) is 0 Å². The second-order valence-corrected chi connectivity index (χ2v) is 9.68. The van der Waals surface area contributed by atoms with Gasteiger partial charge in [-0.25, -0.2) is 0 Å². The summed E-state index contributed by atoms with van der Waals surface area (Å²) >= 11 is 2.02. The summed E-state index contributed by atoms with van der Waals surface area (Å²) in [7, 11) is -0.446. The number of benzene rings is 3. The van der Waals surface area contributed by atoms with Crippen LogP contribution in [-0.4, -0.2) is 0 Å². The molecule has 0 aromatic heterocycles. The van der Waals surface area contributed by atoms with E-state index in [9.17, 15) is 0 Å². The summed E-state index contributed by atoms with van der Waals surface area (Å²) in [4.78, 5) is 0. The van der Waals surface area contributed by atoms with Crippen LogP contribution in [0.1, 0.15) is 13.3 Å². The molecule has 0 fully saturated rings. The van der Waals surface area contributed by atoms with Crippen LogP contribution in [0.4, 0.5) is 0 Å². The fourth-order valence-electron chi connectivity index (χ4n) is 2.80. The van der Waals surface area contributed by atoms with Gasteiger partial charge in [0.2, 0.25) is 0 Å². The first kappa shape index (κ1) is 19.8. The van der Waals surface area contributed by atoms with Crippen molar-refractivity contribution >= 4 is 23.8 Å². The van der Waals surface area contributed by atoms with E-state index in [2.05, 4.69) is 116 Å². The van der Waals surface area contributed by atoms with Crippen LogP contribution >= 0.6 is 7.92 Å². The Morgan fingerprint density at radius 3 is 1.48 bits per heavy atom. The van der Waals surface area contributed by atoms with Crippen molar-refractivity contribution in [1.82, 2.24) is 0 Å². The molecule has 3 aromatic carbocycles. The third kappa shape index (κ3) is 6.05. The third-order valence-electron chi connectivity index (χ3n) is 3.98. The van der Waals surface area contributed by atoms with E-state index in [1.165, 1.54) is 25.7 Å². The monoisotopic (exact) mass is 419 g/mol. The molecule has 0 radical (unpaired) electrons. The smallest absolute Gasteiger partial charge is 0.0134 e. The molecular formula is C25H25CuP. The minimum atomic E-state index is -0.446. The van der Waals surface area contributed by atoms with Crippen molar-refractivity contribution in [3.8, 4) is 0 Å². The molecule has 0 saturated heterocycles. The molecule has 0 N–H and O–H groups in total. The molecule has 4 rings (SSSR count). The van der Waals surface area contributed by atoms with E-state index in [0.717, 1.165) is 6.42 Å².